The van der Waals surface area contributed by atoms with Crippen molar-refractivity contribution in [1.82, 2.24) is 0 Å². The van der Waals surface area contributed by atoms with Gasteiger partial charge in [-0.1, -0.05) is 41.9 Å². The zero-order chi connectivity index (χ0) is 24.8. The summed E-state index contributed by atoms with van der Waals surface area (Å²) in [7, 11) is 1.61. The van der Waals surface area contributed by atoms with Gasteiger partial charge in [-0.15, -0.1) is 0 Å². The molecule has 0 bridgehead atoms. The standard InChI is InChI=1S/C30H20F4O/c1-35-14-2-3-20-4-8-23(28(32)16-20)9-6-22-17-29(33)27(30(34)18-22)13-7-21-5-10-25-19-26(31)12-11-24(25)15-21/h4-5,8,10-12,15-19H,2-3,14H2,1H3. The highest BCUT2D eigenvalue weighted by Crippen LogP contribution is 2.18. The summed E-state index contributed by atoms with van der Waals surface area (Å²) in [6, 6.07) is 16.3. The van der Waals surface area contributed by atoms with Gasteiger partial charge in [-0.2, -0.15) is 0 Å². The molecule has 0 aromatic heterocycles. The largest absolute Gasteiger partial charge is 0.385 e. The molecular formula is C30H20F4O. The molecule has 5 heteroatoms. The van der Waals surface area contributed by atoms with Crippen molar-refractivity contribution in [2.24, 2.45) is 0 Å². The fourth-order valence-electron chi connectivity index (χ4n) is 3.57. The highest BCUT2D eigenvalue weighted by atomic mass is 19.1. The molecule has 0 saturated carbocycles. The smallest absolute Gasteiger partial charge is 0.143 e. The van der Waals surface area contributed by atoms with Crippen LogP contribution >= 0.6 is 0 Å². The van der Waals surface area contributed by atoms with E-state index in [0.717, 1.165) is 29.5 Å². The van der Waals surface area contributed by atoms with Crippen LogP contribution in [0.15, 0.2) is 66.7 Å². The van der Waals surface area contributed by atoms with Crippen LogP contribution in [-0.2, 0) is 11.2 Å². The number of fused-ring (bicyclic) bond motifs is 1. The molecule has 0 atom stereocenters. The Balaban J connectivity index is 1.54. The van der Waals surface area contributed by atoms with E-state index in [2.05, 4.69) is 23.7 Å². The van der Waals surface area contributed by atoms with Crippen molar-refractivity contribution in [2.45, 2.75) is 12.8 Å². The normalized spacial score (nSPS) is 10.4. The number of benzene rings is 4. The quantitative estimate of drug-likeness (QED) is 0.181. The zero-order valence-corrected chi connectivity index (χ0v) is 18.9. The predicted molar refractivity (Wildman–Crippen MR) is 129 cm³/mol. The third-order valence-electron chi connectivity index (χ3n) is 5.37. The summed E-state index contributed by atoms with van der Waals surface area (Å²) < 4.78 is 61.8. The molecule has 0 N–H and O–H groups in total. The van der Waals surface area contributed by atoms with Gasteiger partial charge in [0, 0.05) is 24.8 Å². The molecule has 0 unspecified atom stereocenters. The minimum Gasteiger partial charge on any atom is -0.385 e. The van der Waals surface area contributed by atoms with Crippen molar-refractivity contribution in [3.8, 4) is 23.7 Å². The molecule has 0 radical (unpaired) electrons. The molecule has 0 spiro atoms. The Bertz CT molecular complexity index is 1490. The van der Waals surface area contributed by atoms with Crippen molar-refractivity contribution in [3.05, 3.63) is 118 Å². The van der Waals surface area contributed by atoms with Gasteiger partial charge < -0.3 is 4.74 Å². The lowest BCUT2D eigenvalue weighted by Crippen LogP contribution is -1.95. The van der Waals surface area contributed by atoms with Gasteiger partial charge >= 0.3 is 0 Å². The highest BCUT2D eigenvalue weighted by molar-refractivity contribution is 5.84. The Morgan fingerprint density at radius 1 is 0.657 bits per heavy atom. The minimum absolute atomic E-state index is 0.0712. The summed E-state index contributed by atoms with van der Waals surface area (Å²) in [5.74, 6) is 7.94. The highest BCUT2D eigenvalue weighted by Gasteiger charge is 2.09. The molecule has 1 nitrogen and oxygen atoms in total. The van der Waals surface area contributed by atoms with E-state index < -0.39 is 17.5 Å². The molecule has 4 aromatic rings. The molecular weight excluding hydrogens is 452 g/mol. The van der Waals surface area contributed by atoms with Gasteiger partial charge in [0.05, 0.1) is 11.1 Å². The topological polar surface area (TPSA) is 9.23 Å². The second-order valence-corrected chi connectivity index (χ2v) is 7.93. The number of hydrogen-bond donors (Lipinski definition) is 0. The Kier molecular flexibility index (Phi) is 7.51. The molecule has 35 heavy (non-hydrogen) atoms. The van der Waals surface area contributed by atoms with Crippen LogP contribution in [0, 0.1) is 47.0 Å². The van der Waals surface area contributed by atoms with Gasteiger partial charge in [-0.3, -0.25) is 0 Å². The van der Waals surface area contributed by atoms with Crippen LogP contribution in [0.5, 0.6) is 0 Å². The van der Waals surface area contributed by atoms with Crippen molar-refractivity contribution in [1.29, 1.82) is 0 Å². The van der Waals surface area contributed by atoms with Crippen LogP contribution in [0.4, 0.5) is 17.6 Å². The summed E-state index contributed by atoms with van der Waals surface area (Å²) in [5, 5.41) is 1.47. The molecule has 4 rings (SSSR count). The number of halogens is 4. The van der Waals surface area contributed by atoms with Crippen molar-refractivity contribution < 1.29 is 22.3 Å². The van der Waals surface area contributed by atoms with Gasteiger partial charge in [0.15, 0.2) is 0 Å². The van der Waals surface area contributed by atoms with Crippen molar-refractivity contribution >= 4 is 10.8 Å². The summed E-state index contributed by atoms with van der Waals surface area (Å²) in [6.07, 6.45) is 1.45. The average Bonchev–Trinajstić information content (AvgIpc) is 2.83. The van der Waals surface area contributed by atoms with Crippen LogP contribution in [0.3, 0.4) is 0 Å². The maximum Gasteiger partial charge on any atom is 0.143 e. The Hall–Kier alpha value is -4.06. The number of aryl methyl sites for hydroxylation is 1. The van der Waals surface area contributed by atoms with E-state index in [1.54, 1.807) is 43.5 Å². The molecule has 0 fully saturated rings. The summed E-state index contributed by atoms with van der Waals surface area (Å²) in [5.41, 5.74) is 1.18. The summed E-state index contributed by atoms with van der Waals surface area (Å²) >= 11 is 0. The summed E-state index contributed by atoms with van der Waals surface area (Å²) in [6.45, 7) is 0.587. The van der Waals surface area contributed by atoms with Crippen LogP contribution < -0.4 is 0 Å². The lowest BCUT2D eigenvalue weighted by Gasteiger charge is -2.02. The average molecular weight is 472 g/mol. The molecule has 174 valence electrons. The summed E-state index contributed by atoms with van der Waals surface area (Å²) in [4.78, 5) is 0. The molecule has 0 aliphatic heterocycles. The number of rotatable bonds is 4. The van der Waals surface area contributed by atoms with E-state index >= 15 is 0 Å². The molecule has 0 amide bonds. The zero-order valence-electron chi connectivity index (χ0n) is 18.9. The van der Waals surface area contributed by atoms with Crippen LogP contribution in [0.1, 0.15) is 34.2 Å². The van der Waals surface area contributed by atoms with Crippen molar-refractivity contribution in [3.63, 3.8) is 0 Å². The minimum atomic E-state index is -0.862. The van der Waals surface area contributed by atoms with Gasteiger partial charge in [-0.25, -0.2) is 17.6 Å². The second-order valence-electron chi connectivity index (χ2n) is 7.93. The van der Waals surface area contributed by atoms with E-state index in [4.69, 9.17) is 4.74 Å². The molecule has 4 aromatic carbocycles. The fourth-order valence-corrected chi connectivity index (χ4v) is 3.57. The van der Waals surface area contributed by atoms with Crippen LogP contribution in [0.2, 0.25) is 0 Å². The van der Waals surface area contributed by atoms with E-state index in [1.807, 2.05) is 0 Å². The SMILES string of the molecule is COCCCc1ccc(C#Cc2cc(F)c(C#Cc3ccc4cc(F)ccc4c3)c(F)c2)c(F)c1. The molecule has 0 aliphatic carbocycles. The van der Waals surface area contributed by atoms with Crippen LogP contribution in [-0.4, -0.2) is 13.7 Å². The molecule has 0 aliphatic rings. The third kappa shape index (κ3) is 6.09. The number of ether oxygens (including phenoxy) is 1. The van der Waals surface area contributed by atoms with Gasteiger partial charge in [0.1, 0.15) is 23.3 Å². The number of hydrogen-bond acceptors (Lipinski definition) is 1. The van der Waals surface area contributed by atoms with Gasteiger partial charge in [-0.05, 0) is 77.7 Å². The maximum absolute atomic E-state index is 14.6. The first-order chi connectivity index (χ1) is 16.9. The van der Waals surface area contributed by atoms with Crippen LogP contribution in [0.25, 0.3) is 10.8 Å². The van der Waals surface area contributed by atoms with Gasteiger partial charge in [0.25, 0.3) is 0 Å². The lowest BCUT2D eigenvalue weighted by molar-refractivity contribution is 0.195. The molecule has 0 saturated heterocycles. The van der Waals surface area contributed by atoms with Gasteiger partial charge in [0.2, 0.25) is 0 Å². The first-order valence-corrected chi connectivity index (χ1v) is 10.9. The Labute approximate surface area is 201 Å². The lowest BCUT2D eigenvalue weighted by atomic mass is 10.1. The fraction of sp³-hybridized carbons (Fsp3) is 0.133. The third-order valence-corrected chi connectivity index (χ3v) is 5.37. The first-order valence-electron chi connectivity index (χ1n) is 10.9. The monoisotopic (exact) mass is 472 g/mol. The Morgan fingerprint density at radius 3 is 2.11 bits per heavy atom. The van der Waals surface area contributed by atoms with E-state index in [1.165, 1.54) is 18.2 Å². The Morgan fingerprint density at radius 2 is 1.37 bits per heavy atom. The predicted octanol–water partition coefficient (Wildman–Crippen LogP) is 6.77. The van der Waals surface area contributed by atoms with E-state index in [9.17, 15) is 17.6 Å². The van der Waals surface area contributed by atoms with Crippen molar-refractivity contribution in [2.75, 3.05) is 13.7 Å². The number of methoxy groups -OCH3 is 1. The maximum atomic E-state index is 14.6. The second kappa shape index (κ2) is 10.9. The van der Waals surface area contributed by atoms with E-state index in [0.29, 0.717) is 24.0 Å². The first kappa shape index (κ1) is 24.1. The molecule has 0 heterocycles. The van der Waals surface area contributed by atoms with E-state index in [-0.39, 0.29) is 22.5 Å².